The normalized spacial score (nSPS) is 15.8. The molecule has 0 amide bonds. The summed E-state index contributed by atoms with van der Waals surface area (Å²) in [6.07, 6.45) is 1.88. The summed E-state index contributed by atoms with van der Waals surface area (Å²) in [5.41, 5.74) is 1.72. The van der Waals surface area contributed by atoms with Gasteiger partial charge in [-0.3, -0.25) is 0 Å². The topological polar surface area (TPSA) is 58.2 Å². The Morgan fingerprint density at radius 1 is 1.35 bits per heavy atom. The van der Waals surface area contributed by atoms with Crippen molar-refractivity contribution in [3.8, 4) is 0 Å². The average molecular weight is 361 g/mol. The third-order valence-corrected chi connectivity index (χ3v) is 5.73. The van der Waals surface area contributed by atoms with Crippen molar-refractivity contribution in [1.29, 1.82) is 0 Å². The molecule has 0 atom stereocenters. The number of hydrogen-bond donors (Lipinski definition) is 2. The zero-order chi connectivity index (χ0) is 14.9. The summed E-state index contributed by atoms with van der Waals surface area (Å²) in [5.74, 6) is 0. The van der Waals surface area contributed by atoms with E-state index in [2.05, 4.69) is 39.8 Å². The Hall–Kier alpha value is -0.430. The van der Waals surface area contributed by atoms with Crippen LogP contribution in [0.4, 0.5) is 0 Å². The van der Waals surface area contributed by atoms with Crippen molar-refractivity contribution in [1.82, 2.24) is 10.0 Å². The minimum Gasteiger partial charge on any atom is -0.310 e. The van der Waals surface area contributed by atoms with Crippen molar-refractivity contribution in [2.75, 3.05) is 0 Å². The van der Waals surface area contributed by atoms with Gasteiger partial charge in [-0.25, -0.2) is 13.1 Å². The molecule has 4 nitrogen and oxygen atoms in total. The van der Waals surface area contributed by atoms with E-state index in [1.165, 1.54) is 0 Å². The maximum absolute atomic E-state index is 12.4. The Balaban J connectivity index is 2.30. The third-order valence-electron chi connectivity index (χ3n) is 3.26. The first-order chi connectivity index (χ1) is 9.29. The Bertz CT molecular complexity index is 595. The molecule has 0 spiro atoms. The fourth-order valence-corrected chi connectivity index (χ4v) is 4.15. The molecule has 0 bridgehead atoms. The average Bonchev–Trinajstić information content (AvgIpc) is 3.13. The van der Waals surface area contributed by atoms with Crippen molar-refractivity contribution >= 4 is 26.0 Å². The molecule has 0 aliphatic heterocycles. The van der Waals surface area contributed by atoms with Crippen LogP contribution in [0.1, 0.15) is 37.8 Å². The van der Waals surface area contributed by atoms with Crippen molar-refractivity contribution in [2.24, 2.45) is 0 Å². The minimum atomic E-state index is -3.42. The number of benzene rings is 1. The molecule has 0 radical (unpaired) electrons. The van der Waals surface area contributed by atoms with Crippen molar-refractivity contribution < 1.29 is 8.42 Å². The van der Waals surface area contributed by atoms with Gasteiger partial charge in [0.1, 0.15) is 0 Å². The Labute approximate surface area is 129 Å². The number of halogens is 1. The number of nitrogens with one attached hydrogen (secondary N) is 2. The van der Waals surface area contributed by atoms with Gasteiger partial charge in [-0.2, -0.15) is 0 Å². The van der Waals surface area contributed by atoms with Gasteiger partial charge in [0.2, 0.25) is 10.0 Å². The second-order valence-electron chi connectivity index (χ2n) is 5.63. The molecule has 1 saturated carbocycles. The van der Waals surface area contributed by atoms with Crippen LogP contribution in [0.25, 0.3) is 0 Å². The van der Waals surface area contributed by atoms with E-state index in [9.17, 15) is 8.42 Å². The van der Waals surface area contributed by atoms with Gasteiger partial charge in [0.25, 0.3) is 0 Å². The second-order valence-corrected chi connectivity index (χ2v) is 8.17. The van der Waals surface area contributed by atoms with Gasteiger partial charge in [-0.05, 0) is 43.0 Å². The van der Waals surface area contributed by atoms with Gasteiger partial charge >= 0.3 is 0 Å². The highest BCUT2D eigenvalue weighted by Gasteiger charge is 2.29. The summed E-state index contributed by atoms with van der Waals surface area (Å²) >= 11 is 3.46. The minimum absolute atomic E-state index is 0.121. The molecule has 0 unspecified atom stereocenters. The van der Waals surface area contributed by atoms with Crippen LogP contribution >= 0.6 is 15.9 Å². The fraction of sp³-hybridized carbons (Fsp3) is 0.571. The van der Waals surface area contributed by atoms with E-state index in [1.54, 1.807) is 6.07 Å². The number of sulfonamides is 1. The van der Waals surface area contributed by atoms with Crippen molar-refractivity contribution in [2.45, 2.75) is 57.1 Å². The molecule has 2 N–H and O–H groups in total. The van der Waals surface area contributed by atoms with Gasteiger partial charge in [-0.15, -0.1) is 0 Å². The summed E-state index contributed by atoms with van der Waals surface area (Å²) in [6.45, 7) is 6.61. The molecule has 0 heterocycles. The zero-order valence-electron chi connectivity index (χ0n) is 12.0. The van der Waals surface area contributed by atoms with E-state index in [4.69, 9.17) is 0 Å². The van der Waals surface area contributed by atoms with Crippen molar-refractivity contribution in [3.05, 3.63) is 27.7 Å². The lowest BCUT2D eigenvalue weighted by Gasteiger charge is -2.14. The molecule has 1 fully saturated rings. The fourth-order valence-electron chi connectivity index (χ4n) is 1.89. The van der Waals surface area contributed by atoms with E-state index >= 15 is 0 Å². The summed E-state index contributed by atoms with van der Waals surface area (Å²) in [5, 5.41) is 3.30. The molecular weight excluding hydrogens is 340 g/mol. The van der Waals surface area contributed by atoms with E-state index in [-0.39, 0.29) is 6.04 Å². The first-order valence-corrected chi connectivity index (χ1v) is 9.12. The van der Waals surface area contributed by atoms with Crippen LogP contribution in [0, 0.1) is 6.92 Å². The van der Waals surface area contributed by atoms with E-state index < -0.39 is 10.0 Å². The predicted molar refractivity (Wildman–Crippen MR) is 84.2 cm³/mol. The molecular formula is C14H21BrN2O2S. The molecule has 1 aliphatic rings. The Morgan fingerprint density at radius 3 is 2.55 bits per heavy atom. The van der Waals surface area contributed by atoms with Crippen LogP contribution in [0.3, 0.4) is 0 Å². The molecule has 6 heteroatoms. The maximum atomic E-state index is 12.4. The largest absolute Gasteiger partial charge is 0.310 e. The lowest BCUT2D eigenvalue weighted by molar-refractivity contribution is 0.577. The molecule has 1 aromatic carbocycles. The monoisotopic (exact) mass is 360 g/mol. The van der Waals surface area contributed by atoms with Crippen LogP contribution in [-0.2, 0) is 16.6 Å². The van der Waals surface area contributed by atoms with Gasteiger partial charge in [0, 0.05) is 23.1 Å². The molecule has 2 rings (SSSR count). The lowest BCUT2D eigenvalue weighted by atomic mass is 10.1. The van der Waals surface area contributed by atoms with Gasteiger partial charge in [-0.1, -0.05) is 29.8 Å². The lowest BCUT2D eigenvalue weighted by Crippen LogP contribution is -2.27. The first kappa shape index (κ1) is 15.9. The maximum Gasteiger partial charge on any atom is 0.241 e. The molecule has 1 aliphatic carbocycles. The van der Waals surface area contributed by atoms with Crippen LogP contribution < -0.4 is 10.0 Å². The Kier molecular flexibility index (Phi) is 4.89. The highest BCUT2D eigenvalue weighted by Crippen LogP contribution is 2.28. The van der Waals surface area contributed by atoms with E-state index in [1.807, 2.05) is 13.0 Å². The van der Waals surface area contributed by atoms with Gasteiger partial charge in [0.15, 0.2) is 0 Å². The SMILES string of the molecule is Cc1c(Br)cc(CNC(C)C)cc1S(=O)(=O)NC1CC1. The summed E-state index contributed by atoms with van der Waals surface area (Å²) in [4.78, 5) is 0.374. The summed E-state index contributed by atoms with van der Waals surface area (Å²) < 4.78 is 28.4. The predicted octanol–water partition coefficient (Wildman–Crippen LogP) is 2.70. The summed E-state index contributed by atoms with van der Waals surface area (Å²) in [7, 11) is -3.42. The van der Waals surface area contributed by atoms with Gasteiger partial charge in [0.05, 0.1) is 4.90 Å². The third kappa shape index (κ3) is 4.04. The van der Waals surface area contributed by atoms with E-state index in [0.717, 1.165) is 28.4 Å². The number of hydrogen-bond acceptors (Lipinski definition) is 3. The quantitative estimate of drug-likeness (QED) is 0.819. The van der Waals surface area contributed by atoms with Crippen LogP contribution in [-0.4, -0.2) is 20.5 Å². The molecule has 0 saturated heterocycles. The standard InChI is InChI=1S/C14H21BrN2O2S/c1-9(2)16-8-11-6-13(15)10(3)14(7-11)20(18,19)17-12-4-5-12/h6-7,9,12,16-17H,4-5,8H2,1-3H3. The Morgan fingerprint density at radius 2 is 2.00 bits per heavy atom. The molecule has 112 valence electrons. The first-order valence-electron chi connectivity index (χ1n) is 6.84. The van der Waals surface area contributed by atoms with Crippen LogP contribution in [0.15, 0.2) is 21.5 Å². The van der Waals surface area contributed by atoms with E-state index in [0.29, 0.717) is 17.5 Å². The number of rotatable bonds is 6. The zero-order valence-corrected chi connectivity index (χ0v) is 14.4. The molecule has 20 heavy (non-hydrogen) atoms. The second kappa shape index (κ2) is 6.13. The smallest absolute Gasteiger partial charge is 0.241 e. The highest BCUT2D eigenvalue weighted by molar-refractivity contribution is 9.10. The molecule has 1 aromatic rings. The highest BCUT2D eigenvalue weighted by atomic mass is 79.9. The molecule has 0 aromatic heterocycles. The van der Waals surface area contributed by atoms with Crippen LogP contribution in [0.2, 0.25) is 0 Å². The summed E-state index contributed by atoms with van der Waals surface area (Å²) in [6, 6.07) is 4.22. The van der Waals surface area contributed by atoms with Crippen LogP contribution in [0.5, 0.6) is 0 Å². The van der Waals surface area contributed by atoms with Crippen molar-refractivity contribution in [3.63, 3.8) is 0 Å². The van der Waals surface area contributed by atoms with Gasteiger partial charge < -0.3 is 5.32 Å².